The molecule has 170 valence electrons. The van der Waals surface area contributed by atoms with Gasteiger partial charge < -0.3 is 14.2 Å². The first kappa shape index (κ1) is 21.6. The van der Waals surface area contributed by atoms with E-state index in [9.17, 15) is 4.79 Å². The minimum atomic E-state index is -0.213. The van der Waals surface area contributed by atoms with Crippen molar-refractivity contribution in [1.29, 1.82) is 0 Å². The molecule has 0 fully saturated rings. The van der Waals surface area contributed by atoms with Gasteiger partial charge in [-0.3, -0.25) is 4.79 Å². The Morgan fingerprint density at radius 2 is 1.88 bits per heavy atom. The Morgan fingerprint density at radius 3 is 2.70 bits per heavy atom. The van der Waals surface area contributed by atoms with Crippen LogP contribution in [0.2, 0.25) is 0 Å². The molecular weight excluding hydrogens is 412 g/mol. The molecule has 0 saturated carbocycles. The lowest BCUT2D eigenvalue weighted by atomic mass is 9.91. The maximum absolute atomic E-state index is 11.7. The average molecular weight is 443 g/mol. The lowest BCUT2D eigenvalue weighted by Crippen LogP contribution is -2.09. The van der Waals surface area contributed by atoms with Gasteiger partial charge in [0.05, 0.1) is 20.1 Å². The van der Waals surface area contributed by atoms with E-state index in [1.807, 2.05) is 18.2 Å². The largest absolute Gasteiger partial charge is 0.492 e. The zero-order chi connectivity index (χ0) is 22.9. The third-order valence-corrected chi connectivity index (χ3v) is 6.84. The lowest BCUT2D eigenvalue weighted by Gasteiger charge is -2.17. The first-order valence-electron chi connectivity index (χ1n) is 11.8. The first-order valence-corrected chi connectivity index (χ1v) is 11.8. The highest BCUT2D eigenvalue weighted by Gasteiger charge is 2.29. The third kappa shape index (κ3) is 4.22. The number of aryl methyl sites for hydroxylation is 1. The molecule has 3 aromatic carbocycles. The number of ether oxygens (including phenoxy) is 3. The fourth-order valence-corrected chi connectivity index (χ4v) is 5.08. The highest BCUT2D eigenvalue weighted by atomic mass is 16.5. The van der Waals surface area contributed by atoms with E-state index >= 15 is 0 Å². The van der Waals surface area contributed by atoms with E-state index in [4.69, 9.17) is 14.2 Å². The van der Waals surface area contributed by atoms with Crippen LogP contribution in [0.25, 0.3) is 11.1 Å². The monoisotopic (exact) mass is 442 g/mol. The summed E-state index contributed by atoms with van der Waals surface area (Å²) in [6.45, 7) is 4.99. The van der Waals surface area contributed by atoms with Gasteiger partial charge in [-0.05, 0) is 52.6 Å². The molecule has 0 spiro atoms. The van der Waals surface area contributed by atoms with Crippen molar-refractivity contribution in [3.8, 4) is 22.6 Å². The normalized spacial score (nSPS) is 18.5. The summed E-state index contributed by atoms with van der Waals surface area (Å²) in [5.74, 6) is 1.93. The van der Waals surface area contributed by atoms with E-state index in [0.717, 1.165) is 29.9 Å². The summed E-state index contributed by atoms with van der Waals surface area (Å²) in [7, 11) is 1.42. The van der Waals surface area contributed by atoms with Crippen LogP contribution in [0.3, 0.4) is 0 Å². The highest BCUT2D eigenvalue weighted by molar-refractivity contribution is 5.71. The average Bonchev–Trinajstić information content (AvgIpc) is 3.42. The van der Waals surface area contributed by atoms with Gasteiger partial charge in [-0.2, -0.15) is 0 Å². The molecule has 1 aliphatic heterocycles. The Morgan fingerprint density at radius 1 is 1.06 bits per heavy atom. The van der Waals surface area contributed by atoms with Crippen LogP contribution in [-0.2, 0) is 16.0 Å². The molecule has 0 N–H and O–H groups in total. The summed E-state index contributed by atoms with van der Waals surface area (Å²) >= 11 is 0. The van der Waals surface area contributed by atoms with Gasteiger partial charge in [0.15, 0.2) is 0 Å². The molecular formula is C29H30O4. The topological polar surface area (TPSA) is 44.8 Å². The number of methoxy groups -OCH3 is 1. The minimum absolute atomic E-state index is 0.0414. The Kier molecular flexibility index (Phi) is 5.84. The van der Waals surface area contributed by atoms with Gasteiger partial charge in [0, 0.05) is 17.5 Å². The zero-order valence-corrected chi connectivity index (χ0v) is 19.5. The molecule has 1 aliphatic carbocycles. The van der Waals surface area contributed by atoms with E-state index in [0.29, 0.717) is 18.9 Å². The number of hydrogen-bond donors (Lipinski definition) is 0. The van der Waals surface area contributed by atoms with Gasteiger partial charge in [-0.15, -0.1) is 0 Å². The van der Waals surface area contributed by atoms with Crippen LogP contribution in [0, 0.1) is 0 Å². The summed E-state index contributed by atoms with van der Waals surface area (Å²) in [5, 5.41) is 0. The Balaban J connectivity index is 1.34. The molecule has 0 bridgehead atoms. The summed E-state index contributed by atoms with van der Waals surface area (Å²) in [4.78, 5) is 11.7. The van der Waals surface area contributed by atoms with E-state index in [1.165, 1.54) is 34.9 Å². The fourth-order valence-electron chi connectivity index (χ4n) is 5.08. The van der Waals surface area contributed by atoms with Crippen molar-refractivity contribution in [3.05, 3.63) is 82.9 Å². The van der Waals surface area contributed by atoms with Crippen molar-refractivity contribution in [3.63, 3.8) is 0 Å². The van der Waals surface area contributed by atoms with Crippen LogP contribution in [0.5, 0.6) is 11.5 Å². The summed E-state index contributed by atoms with van der Waals surface area (Å²) in [6.07, 6.45) is 2.36. The van der Waals surface area contributed by atoms with Gasteiger partial charge in [0.2, 0.25) is 0 Å². The molecule has 3 aromatic rings. The summed E-state index contributed by atoms with van der Waals surface area (Å²) in [6, 6.07) is 21.4. The fraction of sp³-hybridized carbons (Fsp3) is 0.345. The van der Waals surface area contributed by atoms with Crippen molar-refractivity contribution in [2.75, 3.05) is 13.7 Å². The molecule has 2 atom stereocenters. The molecule has 0 radical (unpaired) electrons. The van der Waals surface area contributed by atoms with Crippen molar-refractivity contribution in [2.45, 2.75) is 51.0 Å². The van der Waals surface area contributed by atoms with Gasteiger partial charge in [0.1, 0.15) is 17.6 Å². The van der Waals surface area contributed by atoms with Crippen LogP contribution in [0.15, 0.2) is 60.7 Å². The van der Waals surface area contributed by atoms with Gasteiger partial charge in [0.25, 0.3) is 0 Å². The van der Waals surface area contributed by atoms with Crippen molar-refractivity contribution in [1.82, 2.24) is 0 Å². The van der Waals surface area contributed by atoms with Gasteiger partial charge in [-0.25, -0.2) is 0 Å². The first-order chi connectivity index (χ1) is 16.0. The minimum Gasteiger partial charge on any atom is -0.492 e. The van der Waals surface area contributed by atoms with E-state index in [-0.39, 0.29) is 18.0 Å². The zero-order valence-electron chi connectivity index (χ0n) is 19.5. The predicted molar refractivity (Wildman–Crippen MR) is 129 cm³/mol. The number of carbonyl (C=O) groups excluding carboxylic acids is 1. The summed E-state index contributed by atoms with van der Waals surface area (Å²) in [5.41, 5.74) is 7.66. The molecule has 0 aromatic heterocycles. The number of benzene rings is 3. The predicted octanol–water partition coefficient (Wildman–Crippen LogP) is 6.58. The second-order valence-corrected chi connectivity index (χ2v) is 9.29. The summed E-state index contributed by atoms with van der Waals surface area (Å²) < 4.78 is 17.0. The van der Waals surface area contributed by atoms with Crippen molar-refractivity contribution >= 4 is 5.97 Å². The number of hydrogen-bond acceptors (Lipinski definition) is 4. The maximum Gasteiger partial charge on any atom is 0.306 e. The number of esters is 1. The molecule has 1 heterocycles. The molecule has 4 heteroatoms. The second-order valence-electron chi connectivity index (χ2n) is 9.29. The number of fused-ring (bicyclic) bond motifs is 2. The molecule has 0 saturated heterocycles. The number of rotatable bonds is 6. The molecule has 2 aliphatic rings. The molecule has 1 unspecified atom stereocenters. The van der Waals surface area contributed by atoms with Crippen LogP contribution in [-0.4, -0.2) is 19.7 Å². The molecule has 4 nitrogen and oxygen atoms in total. The van der Waals surface area contributed by atoms with Crippen LogP contribution in [0.4, 0.5) is 0 Å². The molecule has 0 amide bonds. The Labute approximate surface area is 195 Å². The maximum atomic E-state index is 11.7. The lowest BCUT2D eigenvalue weighted by molar-refractivity contribution is -0.141. The van der Waals surface area contributed by atoms with E-state index in [1.54, 1.807) is 0 Å². The van der Waals surface area contributed by atoms with Crippen LogP contribution < -0.4 is 9.47 Å². The quantitative estimate of drug-likeness (QED) is 0.404. The van der Waals surface area contributed by atoms with Gasteiger partial charge >= 0.3 is 5.97 Å². The third-order valence-electron chi connectivity index (χ3n) is 6.84. The van der Waals surface area contributed by atoms with Gasteiger partial charge in [-0.1, -0.05) is 62.4 Å². The standard InChI is InChI=1S/C29H30O4/c1-18(2)23-6-4-5-7-24(23)19-8-11-25-20(14-19)9-13-27(25)33-22-10-12-26-21(15-29(30)31-3)17-32-28(26)16-22/h4-8,10-12,14,16,18,21,27H,9,13,15,17H2,1-3H3/t21?,27-/m1/s1. The Hall–Kier alpha value is -3.27. The Bertz CT molecular complexity index is 1180. The van der Waals surface area contributed by atoms with Crippen LogP contribution >= 0.6 is 0 Å². The van der Waals surface area contributed by atoms with E-state index in [2.05, 4.69) is 56.3 Å². The number of carbonyl (C=O) groups is 1. The second kappa shape index (κ2) is 8.93. The molecule has 5 rings (SSSR count). The van der Waals surface area contributed by atoms with E-state index < -0.39 is 0 Å². The van der Waals surface area contributed by atoms with Crippen molar-refractivity contribution < 1.29 is 19.0 Å². The molecule has 33 heavy (non-hydrogen) atoms. The van der Waals surface area contributed by atoms with Crippen LogP contribution in [0.1, 0.15) is 66.9 Å². The van der Waals surface area contributed by atoms with Crippen molar-refractivity contribution in [2.24, 2.45) is 0 Å². The smallest absolute Gasteiger partial charge is 0.306 e. The highest BCUT2D eigenvalue weighted by Crippen LogP contribution is 2.42. The SMILES string of the molecule is COC(=O)CC1COc2cc(O[C@@H]3CCc4cc(-c5ccccc5C(C)C)ccc43)ccc21.